The van der Waals surface area contributed by atoms with Gasteiger partial charge in [-0.05, 0) is 35.2 Å². The Labute approximate surface area is 120 Å². The molecule has 0 amide bonds. The molecule has 0 saturated heterocycles. The van der Waals surface area contributed by atoms with E-state index in [1.807, 2.05) is 25.1 Å². The molecule has 21 heavy (non-hydrogen) atoms. The van der Waals surface area contributed by atoms with E-state index >= 15 is 0 Å². The van der Waals surface area contributed by atoms with Crippen LogP contribution in [-0.2, 0) is 6.42 Å². The van der Waals surface area contributed by atoms with Crippen LogP contribution in [0.25, 0.3) is 0 Å². The van der Waals surface area contributed by atoms with Crippen molar-refractivity contribution in [2.45, 2.75) is 25.8 Å². The van der Waals surface area contributed by atoms with Crippen molar-refractivity contribution in [3.8, 4) is 5.75 Å². The number of hydrogen-bond acceptors (Lipinski definition) is 2. The molecule has 1 atom stereocenters. The summed E-state index contributed by atoms with van der Waals surface area (Å²) in [6.45, 7) is 1.99. The second kappa shape index (κ2) is 6.18. The number of benzene rings is 2. The van der Waals surface area contributed by atoms with Gasteiger partial charge in [-0.2, -0.15) is 0 Å². The van der Waals surface area contributed by atoms with Crippen LogP contribution in [0.1, 0.15) is 29.7 Å². The van der Waals surface area contributed by atoms with Crippen LogP contribution >= 0.6 is 0 Å². The van der Waals surface area contributed by atoms with Gasteiger partial charge in [0.2, 0.25) is 0 Å². The van der Waals surface area contributed by atoms with E-state index in [1.165, 1.54) is 18.2 Å². The number of hydrogen-bond donors (Lipinski definition) is 1. The number of aliphatic hydroxyl groups excluding tert-OH is 1. The summed E-state index contributed by atoms with van der Waals surface area (Å²) in [5.41, 5.74) is 2.04. The summed E-state index contributed by atoms with van der Waals surface area (Å²) in [5.74, 6) is -0.342. The number of aryl methyl sites for hydroxylation is 1. The molecule has 0 fully saturated rings. The molecule has 112 valence electrons. The molecule has 0 radical (unpaired) electrons. The van der Waals surface area contributed by atoms with Crippen LogP contribution in [0, 0.1) is 0 Å². The Morgan fingerprint density at radius 1 is 1.05 bits per heavy atom. The zero-order chi connectivity index (χ0) is 15.5. The van der Waals surface area contributed by atoms with E-state index in [2.05, 4.69) is 4.74 Å². The van der Waals surface area contributed by atoms with Crippen LogP contribution in [-0.4, -0.2) is 11.5 Å². The normalized spacial score (nSPS) is 13.0. The van der Waals surface area contributed by atoms with Crippen molar-refractivity contribution in [2.24, 2.45) is 0 Å². The van der Waals surface area contributed by atoms with Crippen molar-refractivity contribution in [1.82, 2.24) is 0 Å². The van der Waals surface area contributed by atoms with Gasteiger partial charge in [-0.3, -0.25) is 0 Å². The zero-order valence-corrected chi connectivity index (χ0v) is 11.4. The smallest absolute Gasteiger partial charge is 0.406 e. The lowest BCUT2D eigenvalue weighted by Gasteiger charge is -2.15. The summed E-state index contributed by atoms with van der Waals surface area (Å²) in [5, 5.41) is 10.3. The molecule has 0 aromatic heterocycles. The maximum Gasteiger partial charge on any atom is 0.573 e. The highest BCUT2D eigenvalue weighted by atomic mass is 19.4. The number of halogens is 3. The molecule has 0 saturated carbocycles. The van der Waals surface area contributed by atoms with E-state index in [0.717, 1.165) is 12.0 Å². The van der Waals surface area contributed by atoms with Gasteiger partial charge in [-0.1, -0.05) is 43.3 Å². The standard InChI is InChI=1S/C16H15F3O2/c1-2-11-5-3-6-12(9-11)15(20)13-7-4-8-14(10-13)21-16(17,18)19/h3-10,15,20H,2H2,1H3. The second-order valence-electron chi connectivity index (χ2n) is 4.62. The molecule has 0 spiro atoms. The predicted molar refractivity (Wildman–Crippen MR) is 73.0 cm³/mol. The highest BCUT2D eigenvalue weighted by Crippen LogP contribution is 2.28. The second-order valence-corrected chi connectivity index (χ2v) is 4.62. The molecule has 0 aliphatic rings. The molecular weight excluding hydrogens is 281 g/mol. The molecule has 0 aliphatic carbocycles. The number of aliphatic hydroxyl groups is 1. The summed E-state index contributed by atoms with van der Waals surface area (Å²) < 4.78 is 40.5. The van der Waals surface area contributed by atoms with Gasteiger partial charge < -0.3 is 9.84 Å². The number of ether oxygens (including phenoxy) is 1. The summed E-state index contributed by atoms with van der Waals surface area (Å²) in [7, 11) is 0. The third-order valence-corrected chi connectivity index (χ3v) is 3.08. The van der Waals surface area contributed by atoms with Gasteiger partial charge in [0, 0.05) is 0 Å². The SMILES string of the molecule is CCc1cccc(C(O)c2cccc(OC(F)(F)F)c2)c1. The van der Waals surface area contributed by atoms with Crippen molar-refractivity contribution in [3.05, 3.63) is 65.2 Å². The Kier molecular flexibility index (Phi) is 4.53. The molecular formula is C16H15F3O2. The monoisotopic (exact) mass is 296 g/mol. The molecule has 0 aliphatic heterocycles. The van der Waals surface area contributed by atoms with Gasteiger partial charge in [0.15, 0.2) is 0 Å². The lowest BCUT2D eigenvalue weighted by molar-refractivity contribution is -0.274. The van der Waals surface area contributed by atoms with Crippen LogP contribution in [0.3, 0.4) is 0 Å². The van der Waals surface area contributed by atoms with Gasteiger partial charge in [0.05, 0.1) is 0 Å². The fourth-order valence-corrected chi connectivity index (χ4v) is 2.06. The first kappa shape index (κ1) is 15.4. The maximum atomic E-state index is 12.2. The topological polar surface area (TPSA) is 29.5 Å². The molecule has 2 aromatic rings. The average Bonchev–Trinajstić information content (AvgIpc) is 2.45. The van der Waals surface area contributed by atoms with E-state index < -0.39 is 12.5 Å². The van der Waals surface area contributed by atoms with Gasteiger partial charge in [-0.15, -0.1) is 13.2 Å². The molecule has 0 bridgehead atoms. The summed E-state index contributed by atoms with van der Waals surface area (Å²) in [6.07, 6.45) is -4.92. The summed E-state index contributed by atoms with van der Waals surface area (Å²) >= 11 is 0. The van der Waals surface area contributed by atoms with Crippen molar-refractivity contribution in [3.63, 3.8) is 0 Å². The van der Waals surface area contributed by atoms with Gasteiger partial charge in [0.1, 0.15) is 11.9 Å². The summed E-state index contributed by atoms with van der Waals surface area (Å²) in [6, 6.07) is 12.7. The Balaban J connectivity index is 2.26. The van der Waals surface area contributed by atoms with Gasteiger partial charge >= 0.3 is 6.36 Å². The minimum Gasteiger partial charge on any atom is -0.406 e. The van der Waals surface area contributed by atoms with Crippen LogP contribution in [0.4, 0.5) is 13.2 Å². The maximum absolute atomic E-state index is 12.2. The minimum atomic E-state index is -4.74. The Morgan fingerprint density at radius 2 is 1.67 bits per heavy atom. The zero-order valence-electron chi connectivity index (χ0n) is 11.4. The van der Waals surface area contributed by atoms with E-state index in [4.69, 9.17) is 0 Å². The Hall–Kier alpha value is -2.01. The molecule has 2 rings (SSSR count). The highest BCUT2D eigenvalue weighted by Gasteiger charge is 2.31. The fraction of sp³-hybridized carbons (Fsp3) is 0.250. The average molecular weight is 296 g/mol. The fourth-order valence-electron chi connectivity index (χ4n) is 2.06. The quantitative estimate of drug-likeness (QED) is 0.915. The molecule has 1 N–H and O–H groups in total. The summed E-state index contributed by atoms with van der Waals surface area (Å²) in [4.78, 5) is 0. The predicted octanol–water partition coefficient (Wildman–Crippen LogP) is 4.23. The van der Waals surface area contributed by atoms with E-state index in [0.29, 0.717) is 11.1 Å². The van der Waals surface area contributed by atoms with E-state index in [9.17, 15) is 18.3 Å². The minimum absolute atomic E-state index is 0.342. The first-order chi connectivity index (χ1) is 9.89. The van der Waals surface area contributed by atoms with Crippen LogP contribution < -0.4 is 4.74 Å². The van der Waals surface area contributed by atoms with E-state index in [-0.39, 0.29) is 5.75 Å². The molecule has 1 unspecified atom stereocenters. The van der Waals surface area contributed by atoms with Crippen molar-refractivity contribution in [1.29, 1.82) is 0 Å². The number of alkyl halides is 3. The lowest BCUT2D eigenvalue weighted by atomic mass is 9.99. The third kappa shape index (κ3) is 4.23. The van der Waals surface area contributed by atoms with Crippen LogP contribution in [0.5, 0.6) is 5.75 Å². The Bertz CT molecular complexity index is 608. The highest BCUT2D eigenvalue weighted by molar-refractivity contribution is 5.36. The van der Waals surface area contributed by atoms with Gasteiger partial charge in [-0.25, -0.2) is 0 Å². The first-order valence-corrected chi connectivity index (χ1v) is 6.51. The van der Waals surface area contributed by atoms with Gasteiger partial charge in [0.25, 0.3) is 0 Å². The molecule has 2 nitrogen and oxygen atoms in total. The van der Waals surface area contributed by atoms with Crippen molar-refractivity contribution < 1.29 is 23.0 Å². The Morgan fingerprint density at radius 3 is 2.29 bits per heavy atom. The largest absolute Gasteiger partial charge is 0.573 e. The molecule has 2 aromatic carbocycles. The number of rotatable bonds is 4. The van der Waals surface area contributed by atoms with Crippen LogP contribution in [0.15, 0.2) is 48.5 Å². The molecule has 0 heterocycles. The molecule has 5 heteroatoms. The van der Waals surface area contributed by atoms with Crippen molar-refractivity contribution in [2.75, 3.05) is 0 Å². The van der Waals surface area contributed by atoms with E-state index in [1.54, 1.807) is 12.1 Å². The lowest BCUT2D eigenvalue weighted by Crippen LogP contribution is -2.17. The van der Waals surface area contributed by atoms with Crippen molar-refractivity contribution >= 4 is 0 Å². The van der Waals surface area contributed by atoms with Crippen LogP contribution in [0.2, 0.25) is 0 Å². The first-order valence-electron chi connectivity index (χ1n) is 6.51. The third-order valence-electron chi connectivity index (χ3n) is 3.08.